The zero-order chi connectivity index (χ0) is 20.2. The van der Waals surface area contributed by atoms with E-state index in [1.54, 1.807) is 16.0 Å². The second-order valence-electron chi connectivity index (χ2n) is 9.45. The Morgan fingerprint density at radius 3 is 2.55 bits per heavy atom. The lowest BCUT2D eigenvalue weighted by Crippen LogP contribution is -2.47. The summed E-state index contributed by atoms with van der Waals surface area (Å²) in [4.78, 5) is 18.7. The minimum atomic E-state index is 0.0513. The lowest BCUT2D eigenvalue weighted by molar-refractivity contribution is 0.194. The van der Waals surface area contributed by atoms with E-state index in [1.807, 2.05) is 14.1 Å². The van der Waals surface area contributed by atoms with Crippen LogP contribution in [-0.4, -0.2) is 68.7 Å². The molecule has 3 aliphatic rings. The van der Waals surface area contributed by atoms with Crippen molar-refractivity contribution in [3.8, 4) is 0 Å². The van der Waals surface area contributed by atoms with Crippen molar-refractivity contribution >= 4 is 11.7 Å². The van der Waals surface area contributed by atoms with Crippen LogP contribution in [-0.2, 0) is 12.8 Å². The molecule has 1 aromatic rings. The summed E-state index contributed by atoms with van der Waals surface area (Å²) in [6.45, 7) is 5.95. The molecular weight excluding hydrogens is 360 g/mol. The Bertz CT molecular complexity index is 688. The fraction of sp³-hybridized carbons (Fsp3) is 0.708. The minimum Gasteiger partial charge on any atom is -0.369 e. The van der Waals surface area contributed by atoms with Crippen LogP contribution in [0, 0.1) is 5.92 Å². The summed E-state index contributed by atoms with van der Waals surface area (Å²) in [5.41, 5.74) is 4.72. The molecule has 0 aromatic heterocycles. The lowest BCUT2D eigenvalue weighted by atomic mass is 9.84. The molecule has 5 nitrogen and oxygen atoms in total. The van der Waals surface area contributed by atoms with Gasteiger partial charge in [-0.3, -0.25) is 4.90 Å². The molecule has 2 fully saturated rings. The fourth-order valence-corrected chi connectivity index (χ4v) is 5.37. The van der Waals surface area contributed by atoms with Crippen molar-refractivity contribution in [1.82, 2.24) is 15.1 Å². The first-order chi connectivity index (χ1) is 14.1. The smallest absolute Gasteiger partial charge is 0.317 e. The molecule has 0 unspecified atom stereocenters. The number of hydrogen-bond acceptors (Lipinski definition) is 3. The maximum absolute atomic E-state index is 11.8. The van der Waals surface area contributed by atoms with Gasteiger partial charge in [-0.2, -0.15) is 0 Å². The Balaban J connectivity index is 1.17. The normalized spacial score (nSPS) is 25.0. The van der Waals surface area contributed by atoms with Gasteiger partial charge in [0, 0.05) is 52.0 Å². The Kier molecular flexibility index (Phi) is 6.63. The summed E-state index contributed by atoms with van der Waals surface area (Å²) in [6.07, 6.45) is 9.97. The van der Waals surface area contributed by atoms with Gasteiger partial charge in [0.25, 0.3) is 0 Å². The van der Waals surface area contributed by atoms with Crippen LogP contribution in [0.15, 0.2) is 18.2 Å². The minimum absolute atomic E-state index is 0.0513. The largest absolute Gasteiger partial charge is 0.369 e. The fourth-order valence-electron chi connectivity index (χ4n) is 5.37. The lowest BCUT2D eigenvalue weighted by Gasteiger charge is -2.38. The second-order valence-corrected chi connectivity index (χ2v) is 9.45. The summed E-state index contributed by atoms with van der Waals surface area (Å²) >= 11 is 0. The van der Waals surface area contributed by atoms with Crippen molar-refractivity contribution in [3.63, 3.8) is 0 Å². The zero-order valence-electron chi connectivity index (χ0n) is 18.3. The highest BCUT2D eigenvalue weighted by Gasteiger charge is 2.25. The van der Waals surface area contributed by atoms with Crippen LogP contribution in [0.5, 0.6) is 0 Å². The van der Waals surface area contributed by atoms with Crippen LogP contribution in [0.3, 0.4) is 0 Å². The van der Waals surface area contributed by atoms with Crippen LogP contribution >= 0.6 is 0 Å². The van der Waals surface area contributed by atoms with Gasteiger partial charge >= 0.3 is 6.03 Å². The highest BCUT2D eigenvalue weighted by molar-refractivity contribution is 5.73. The molecule has 4 rings (SSSR count). The Labute approximate surface area is 176 Å². The van der Waals surface area contributed by atoms with E-state index in [4.69, 9.17) is 0 Å². The standard InChI is InChI=1S/C24H38N4O/c1-26(2)24(29)25-21-11-9-19(10-12-21)13-14-27-15-17-28(18-16-27)23-8-4-6-20-5-3-7-22(20)23/h4,6,8,19,21H,3,5,7,9-18H2,1-2H3,(H,25,29). The summed E-state index contributed by atoms with van der Waals surface area (Å²) in [6, 6.07) is 7.34. The SMILES string of the molecule is CN(C)C(=O)NC1CCC(CCN2CCN(c3cccc4c3CCC4)CC2)CC1. The maximum atomic E-state index is 11.8. The predicted molar refractivity (Wildman–Crippen MR) is 120 cm³/mol. The number of carbonyl (C=O) groups excluding carboxylic acids is 1. The Morgan fingerprint density at radius 1 is 1.07 bits per heavy atom. The number of hydrogen-bond donors (Lipinski definition) is 1. The molecule has 5 heteroatoms. The highest BCUT2D eigenvalue weighted by Crippen LogP contribution is 2.32. The van der Waals surface area contributed by atoms with E-state index in [0.29, 0.717) is 6.04 Å². The van der Waals surface area contributed by atoms with Crippen LogP contribution in [0.4, 0.5) is 10.5 Å². The number of urea groups is 1. The average molecular weight is 399 g/mol. The Hall–Kier alpha value is -1.75. The summed E-state index contributed by atoms with van der Waals surface area (Å²) < 4.78 is 0. The molecule has 1 aliphatic heterocycles. The number of piperazine rings is 1. The number of anilines is 1. The van der Waals surface area contributed by atoms with E-state index >= 15 is 0 Å². The molecular formula is C24H38N4O. The number of carbonyl (C=O) groups is 1. The van der Waals surface area contributed by atoms with Gasteiger partial charge in [-0.25, -0.2) is 4.79 Å². The molecule has 2 aliphatic carbocycles. The monoisotopic (exact) mass is 398 g/mol. The first kappa shape index (κ1) is 20.5. The molecule has 160 valence electrons. The molecule has 0 bridgehead atoms. The molecule has 1 N–H and O–H groups in total. The quantitative estimate of drug-likeness (QED) is 0.825. The van der Waals surface area contributed by atoms with E-state index in [2.05, 4.69) is 33.3 Å². The predicted octanol–water partition coefficient (Wildman–Crippen LogP) is 3.52. The molecule has 1 saturated carbocycles. The van der Waals surface area contributed by atoms with E-state index in [1.165, 1.54) is 76.9 Å². The molecule has 0 spiro atoms. The first-order valence-corrected chi connectivity index (χ1v) is 11.7. The van der Waals surface area contributed by atoms with Gasteiger partial charge in [-0.05, 0) is 81.0 Å². The third-order valence-corrected chi connectivity index (χ3v) is 7.27. The van der Waals surface area contributed by atoms with Crippen LogP contribution < -0.4 is 10.2 Å². The number of aryl methyl sites for hydroxylation is 1. The van der Waals surface area contributed by atoms with Crippen LogP contribution in [0.2, 0.25) is 0 Å². The summed E-state index contributed by atoms with van der Waals surface area (Å²) in [5, 5.41) is 3.15. The van der Waals surface area contributed by atoms with E-state index in [-0.39, 0.29) is 6.03 Å². The van der Waals surface area contributed by atoms with Crippen molar-refractivity contribution < 1.29 is 4.79 Å². The molecule has 0 radical (unpaired) electrons. The highest BCUT2D eigenvalue weighted by atomic mass is 16.2. The number of fused-ring (bicyclic) bond motifs is 1. The van der Waals surface area contributed by atoms with Crippen LogP contribution in [0.1, 0.15) is 49.7 Å². The van der Waals surface area contributed by atoms with Crippen molar-refractivity contribution in [2.24, 2.45) is 5.92 Å². The van der Waals surface area contributed by atoms with Crippen molar-refractivity contribution in [3.05, 3.63) is 29.3 Å². The second kappa shape index (κ2) is 9.38. The van der Waals surface area contributed by atoms with Gasteiger partial charge < -0.3 is 15.1 Å². The van der Waals surface area contributed by atoms with E-state index in [0.717, 1.165) is 18.8 Å². The van der Waals surface area contributed by atoms with Gasteiger partial charge in [-0.15, -0.1) is 0 Å². The third kappa shape index (κ3) is 5.06. The topological polar surface area (TPSA) is 38.8 Å². The average Bonchev–Trinajstić information content (AvgIpc) is 3.22. The number of benzene rings is 1. The molecule has 1 saturated heterocycles. The van der Waals surface area contributed by atoms with Crippen molar-refractivity contribution in [1.29, 1.82) is 0 Å². The van der Waals surface area contributed by atoms with Gasteiger partial charge in [0.05, 0.1) is 0 Å². The molecule has 2 amide bonds. The number of nitrogens with one attached hydrogen (secondary N) is 1. The first-order valence-electron chi connectivity index (χ1n) is 11.7. The van der Waals surface area contributed by atoms with E-state index < -0.39 is 0 Å². The summed E-state index contributed by atoms with van der Waals surface area (Å²) in [7, 11) is 3.62. The van der Waals surface area contributed by atoms with Crippen molar-refractivity contribution in [2.75, 3.05) is 51.7 Å². The van der Waals surface area contributed by atoms with Gasteiger partial charge in [0.15, 0.2) is 0 Å². The number of nitrogens with zero attached hydrogens (tertiary/aromatic N) is 3. The van der Waals surface area contributed by atoms with Crippen molar-refractivity contribution in [2.45, 2.75) is 57.4 Å². The van der Waals surface area contributed by atoms with Crippen LogP contribution in [0.25, 0.3) is 0 Å². The molecule has 29 heavy (non-hydrogen) atoms. The van der Waals surface area contributed by atoms with Gasteiger partial charge in [0.1, 0.15) is 0 Å². The molecule has 0 atom stereocenters. The molecule has 1 aromatic carbocycles. The van der Waals surface area contributed by atoms with Gasteiger partial charge in [-0.1, -0.05) is 12.1 Å². The van der Waals surface area contributed by atoms with Gasteiger partial charge in [0.2, 0.25) is 0 Å². The third-order valence-electron chi connectivity index (χ3n) is 7.27. The zero-order valence-corrected chi connectivity index (χ0v) is 18.3. The Morgan fingerprint density at radius 2 is 1.83 bits per heavy atom. The number of amides is 2. The van der Waals surface area contributed by atoms with E-state index in [9.17, 15) is 4.79 Å². The maximum Gasteiger partial charge on any atom is 0.317 e. The molecule has 1 heterocycles. The number of rotatable bonds is 5. The summed E-state index contributed by atoms with van der Waals surface area (Å²) in [5.74, 6) is 0.831.